The third-order valence-corrected chi connectivity index (χ3v) is 6.60. The SMILES string of the molecule is CC(=NCc1ccccc1CN1CCOCC1)c1c(C(C)C(=O)O)[nH]n(-c2ccccc2Cl)c1=O. The molecule has 0 spiro atoms. The maximum atomic E-state index is 13.4. The van der Waals surface area contributed by atoms with Crippen molar-refractivity contribution in [1.82, 2.24) is 14.7 Å². The highest BCUT2D eigenvalue weighted by atomic mass is 35.5. The molecule has 1 aromatic heterocycles. The van der Waals surface area contributed by atoms with E-state index in [4.69, 9.17) is 21.3 Å². The minimum Gasteiger partial charge on any atom is -0.481 e. The number of morpholine rings is 1. The van der Waals surface area contributed by atoms with E-state index in [1.807, 2.05) is 18.2 Å². The zero-order valence-corrected chi connectivity index (χ0v) is 20.6. The summed E-state index contributed by atoms with van der Waals surface area (Å²) in [5, 5.41) is 13.0. The molecule has 0 bridgehead atoms. The molecule has 184 valence electrons. The number of carboxylic acid groups (broad SMARTS) is 1. The number of hydrogen-bond donors (Lipinski definition) is 2. The quantitative estimate of drug-likeness (QED) is 0.461. The Balaban J connectivity index is 1.68. The van der Waals surface area contributed by atoms with E-state index in [0.29, 0.717) is 28.7 Å². The molecule has 0 amide bonds. The van der Waals surface area contributed by atoms with Gasteiger partial charge in [-0.2, -0.15) is 0 Å². The number of aromatic nitrogens is 2. The van der Waals surface area contributed by atoms with Crippen LogP contribution in [0.4, 0.5) is 0 Å². The Bertz CT molecular complexity index is 1290. The molecule has 3 aromatic rings. The van der Waals surface area contributed by atoms with Gasteiger partial charge in [0, 0.05) is 25.3 Å². The number of nitrogens with one attached hydrogen (secondary N) is 1. The van der Waals surface area contributed by atoms with Gasteiger partial charge in [-0.1, -0.05) is 48.0 Å². The molecule has 1 aliphatic heterocycles. The average molecular weight is 497 g/mol. The molecule has 0 saturated carbocycles. The van der Waals surface area contributed by atoms with E-state index in [0.717, 1.165) is 38.4 Å². The standard InChI is InChI=1S/C26H29ClN4O4/c1-17(26(33)34)24-23(25(32)31(29-24)22-10-6-5-9-21(22)27)18(2)28-15-19-7-3-4-8-20(19)16-30-11-13-35-14-12-30/h3-10,17,29H,11-16H2,1-2H3,(H,33,34). The van der Waals surface area contributed by atoms with E-state index in [1.165, 1.54) is 10.2 Å². The van der Waals surface area contributed by atoms with Crippen LogP contribution in [0.5, 0.6) is 0 Å². The van der Waals surface area contributed by atoms with Gasteiger partial charge >= 0.3 is 5.97 Å². The number of aromatic amines is 1. The lowest BCUT2D eigenvalue weighted by Gasteiger charge is -2.27. The van der Waals surface area contributed by atoms with Gasteiger partial charge in [-0.15, -0.1) is 0 Å². The first-order chi connectivity index (χ1) is 16.9. The van der Waals surface area contributed by atoms with Crippen LogP contribution in [0.3, 0.4) is 0 Å². The summed E-state index contributed by atoms with van der Waals surface area (Å²) >= 11 is 6.31. The van der Waals surface area contributed by atoms with Crippen LogP contribution in [-0.2, 0) is 22.6 Å². The molecular formula is C26H29ClN4O4. The first-order valence-electron chi connectivity index (χ1n) is 11.6. The molecule has 35 heavy (non-hydrogen) atoms. The molecule has 1 atom stereocenters. The highest BCUT2D eigenvalue weighted by molar-refractivity contribution is 6.32. The lowest BCUT2D eigenvalue weighted by Crippen LogP contribution is -2.35. The number of carbonyl (C=O) groups is 1. The molecule has 0 aliphatic carbocycles. The van der Waals surface area contributed by atoms with Crippen LogP contribution in [-0.4, -0.2) is 57.8 Å². The molecule has 1 fully saturated rings. The molecule has 4 rings (SSSR count). The van der Waals surface area contributed by atoms with Crippen LogP contribution in [0.1, 0.15) is 42.1 Å². The zero-order valence-electron chi connectivity index (χ0n) is 19.8. The summed E-state index contributed by atoms with van der Waals surface area (Å²) in [6.07, 6.45) is 0. The first-order valence-corrected chi connectivity index (χ1v) is 12.0. The Kier molecular flexibility index (Phi) is 7.85. The van der Waals surface area contributed by atoms with Crippen molar-refractivity contribution in [3.63, 3.8) is 0 Å². The molecule has 1 unspecified atom stereocenters. The number of aliphatic imine (C=N–C) groups is 1. The van der Waals surface area contributed by atoms with Crippen LogP contribution in [0, 0.1) is 0 Å². The largest absolute Gasteiger partial charge is 0.481 e. The Hall–Kier alpha value is -3.20. The van der Waals surface area contributed by atoms with E-state index in [2.05, 4.69) is 16.1 Å². The highest BCUT2D eigenvalue weighted by Gasteiger charge is 2.26. The highest BCUT2D eigenvalue weighted by Crippen LogP contribution is 2.23. The Morgan fingerprint density at radius 3 is 2.49 bits per heavy atom. The van der Waals surface area contributed by atoms with E-state index < -0.39 is 11.9 Å². The molecular weight excluding hydrogens is 468 g/mol. The van der Waals surface area contributed by atoms with Crippen LogP contribution in [0.15, 0.2) is 58.3 Å². The van der Waals surface area contributed by atoms with E-state index in [1.54, 1.807) is 38.1 Å². The van der Waals surface area contributed by atoms with Gasteiger partial charge in [0.1, 0.15) is 0 Å². The number of rotatable bonds is 8. The van der Waals surface area contributed by atoms with E-state index >= 15 is 0 Å². The van der Waals surface area contributed by atoms with E-state index in [-0.39, 0.29) is 11.1 Å². The summed E-state index contributed by atoms with van der Waals surface area (Å²) in [4.78, 5) is 32.3. The Labute approximate surface area is 208 Å². The number of benzene rings is 2. The normalized spacial score (nSPS) is 15.8. The topological polar surface area (TPSA) is 99.9 Å². The van der Waals surface area contributed by atoms with Crippen molar-refractivity contribution in [3.8, 4) is 5.69 Å². The molecule has 9 heteroatoms. The maximum absolute atomic E-state index is 13.4. The van der Waals surface area contributed by atoms with Crippen LogP contribution < -0.4 is 5.56 Å². The predicted molar refractivity (Wildman–Crippen MR) is 136 cm³/mol. The number of carboxylic acids is 1. The van der Waals surface area contributed by atoms with Gasteiger partial charge in [0.15, 0.2) is 0 Å². The van der Waals surface area contributed by atoms with Crippen molar-refractivity contribution >= 4 is 23.3 Å². The van der Waals surface area contributed by atoms with Crippen LogP contribution in [0.2, 0.25) is 5.02 Å². The lowest BCUT2D eigenvalue weighted by atomic mass is 10.0. The van der Waals surface area contributed by atoms with Gasteiger partial charge < -0.3 is 9.84 Å². The second kappa shape index (κ2) is 11.0. The van der Waals surface area contributed by atoms with Crippen LogP contribution in [0.25, 0.3) is 5.69 Å². The Morgan fingerprint density at radius 1 is 1.14 bits per heavy atom. The molecule has 1 aliphatic rings. The van der Waals surface area contributed by atoms with Crippen LogP contribution >= 0.6 is 11.6 Å². The monoisotopic (exact) mass is 496 g/mol. The molecule has 2 heterocycles. The third-order valence-electron chi connectivity index (χ3n) is 6.28. The Morgan fingerprint density at radius 2 is 1.80 bits per heavy atom. The fraction of sp³-hybridized carbons (Fsp3) is 0.346. The van der Waals surface area contributed by atoms with Crippen molar-refractivity contribution in [3.05, 3.63) is 86.3 Å². The van der Waals surface area contributed by atoms with Gasteiger partial charge in [-0.05, 0) is 37.1 Å². The number of aliphatic carboxylic acids is 1. The molecule has 8 nitrogen and oxygen atoms in total. The van der Waals surface area contributed by atoms with Gasteiger partial charge in [0.2, 0.25) is 0 Å². The van der Waals surface area contributed by atoms with Crippen molar-refractivity contribution in [2.24, 2.45) is 4.99 Å². The van der Waals surface area contributed by atoms with Gasteiger partial charge in [-0.25, -0.2) is 4.68 Å². The van der Waals surface area contributed by atoms with Crippen molar-refractivity contribution in [2.75, 3.05) is 26.3 Å². The fourth-order valence-electron chi connectivity index (χ4n) is 4.19. The molecule has 2 aromatic carbocycles. The number of H-pyrrole nitrogens is 1. The predicted octanol–water partition coefficient (Wildman–Crippen LogP) is 3.85. The van der Waals surface area contributed by atoms with Crippen molar-refractivity contribution < 1.29 is 14.6 Å². The summed E-state index contributed by atoms with van der Waals surface area (Å²) in [7, 11) is 0. The van der Waals surface area contributed by atoms with Gasteiger partial charge in [0.05, 0.1) is 47.6 Å². The minimum atomic E-state index is -1.04. The van der Waals surface area contributed by atoms with Gasteiger partial charge in [-0.3, -0.25) is 24.6 Å². The third kappa shape index (κ3) is 5.56. The molecule has 0 radical (unpaired) electrons. The smallest absolute Gasteiger partial charge is 0.312 e. The van der Waals surface area contributed by atoms with Crippen molar-refractivity contribution in [2.45, 2.75) is 32.9 Å². The number of nitrogens with zero attached hydrogens (tertiary/aromatic N) is 3. The minimum absolute atomic E-state index is 0.255. The summed E-state index contributed by atoms with van der Waals surface area (Å²) < 4.78 is 6.74. The number of hydrogen-bond acceptors (Lipinski definition) is 5. The maximum Gasteiger partial charge on any atom is 0.312 e. The average Bonchev–Trinajstić information content (AvgIpc) is 3.20. The number of para-hydroxylation sites is 1. The second-order valence-corrected chi connectivity index (χ2v) is 9.02. The second-order valence-electron chi connectivity index (χ2n) is 8.61. The molecule has 2 N–H and O–H groups in total. The lowest BCUT2D eigenvalue weighted by molar-refractivity contribution is -0.138. The van der Waals surface area contributed by atoms with Gasteiger partial charge in [0.25, 0.3) is 5.56 Å². The summed E-state index contributed by atoms with van der Waals surface area (Å²) in [5.74, 6) is -1.97. The van der Waals surface area contributed by atoms with Crippen molar-refractivity contribution in [1.29, 1.82) is 0 Å². The summed E-state index contributed by atoms with van der Waals surface area (Å²) in [5.41, 5.74) is 3.33. The molecule has 1 saturated heterocycles. The summed E-state index contributed by atoms with van der Waals surface area (Å²) in [6.45, 7) is 7.70. The summed E-state index contributed by atoms with van der Waals surface area (Å²) in [6, 6.07) is 15.0. The number of ether oxygens (including phenoxy) is 1. The first kappa shape index (κ1) is 24.9. The number of halogens is 1. The fourth-order valence-corrected chi connectivity index (χ4v) is 4.41. The van der Waals surface area contributed by atoms with E-state index in [9.17, 15) is 14.7 Å². The zero-order chi connectivity index (χ0) is 24.9.